The van der Waals surface area contributed by atoms with Crippen LogP contribution < -0.4 is 4.74 Å². The smallest absolute Gasteiger partial charge is 0.227 e. The van der Waals surface area contributed by atoms with E-state index in [1.54, 1.807) is 7.11 Å². The first-order valence-electron chi connectivity index (χ1n) is 12.2. The Kier molecular flexibility index (Phi) is 8.03. The number of ether oxygens (including phenoxy) is 2. The Morgan fingerprint density at radius 3 is 2.69 bits per heavy atom. The third kappa shape index (κ3) is 5.81. The van der Waals surface area contributed by atoms with Gasteiger partial charge in [0, 0.05) is 45.2 Å². The molecule has 0 spiro atoms. The van der Waals surface area contributed by atoms with E-state index in [-0.39, 0.29) is 17.9 Å². The maximum absolute atomic E-state index is 13.2. The van der Waals surface area contributed by atoms with E-state index >= 15 is 0 Å². The average molecular weight is 444 g/mol. The number of benzene rings is 1. The lowest BCUT2D eigenvalue weighted by Gasteiger charge is -2.36. The monoisotopic (exact) mass is 443 g/mol. The Labute approximate surface area is 191 Å². The first-order chi connectivity index (χ1) is 15.6. The van der Waals surface area contributed by atoms with Crippen LogP contribution in [-0.2, 0) is 20.7 Å². The number of morpholine rings is 1. The molecule has 1 aromatic rings. The van der Waals surface area contributed by atoms with Gasteiger partial charge in [0.25, 0.3) is 0 Å². The summed E-state index contributed by atoms with van der Waals surface area (Å²) in [5, 5.41) is 0. The molecule has 0 aromatic heterocycles. The lowest BCUT2D eigenvalue weighted by molar-refractivity contribution is -0.141. The summed E-state index contributed by atoms with van der Waals surface area (Å²) in [7, 11) is 1.64. The van der Waals surface area contributed by atoms with Crippen molar-refractivity contribution < 1.29 is 19.1 Å². The molecular weight excluding hydrogens is 406 g/mol. The molecule has 1 aromatic carbocycles. The van der Waals surface area contributed by atoms with Gasteiger partial charge in [0.05, 0.1) is 32.8 Å². The van der Waals surface area contributed by atoms with Crippen molar-refractivity contribution >= 4 is 11.8 Å². The van der Waals surface area contributed by atoms with Gasteiger partial charge in [-0.1, -0.05) is 18.6 Å². The molecule has 2 aliphatic heterocycles. The van der Waals surface area contributed by atoms with E-state index in [0.29, 0.717) is 18.9 Å². The third-order valence-corrected chi connectivity index (χ3v) is 7.16. The molecule has 7 heteroatoms. The van der Waals surface area contributed by atoms with Gasteiger partial charge >= 0.3 is 0 Å². The fraction of sp³-hybridized carbons (Fsp3) is 0.680. The Hall–Kier alpha value is -2.12. The molecular formula is C25H37N3O4. The number of nitrogens with zero attached hydrogens (tertiary/aromatic N) is 3. The first-order valence-corrected chi connectivity index (χ1v) is 12.2. The van der Waals surface area contributed by atoms with Gasteiger partial charge in [-0.25, -0.2) is 0 Å². The molecule has 176 valence electrons. The van der Waals surface area contributed by atoms with Crippen LogP contribution in [0.25, 0.3) is 0 Å². The summed E-state index contributed by atoms with van der Waals surface area (Å²) >= 11 is 0. The van der Waals surface area contributed by atoms with E-state index in [9.17, 15) is 9.59 Å². The highest BCUT2D eigenvalue weighted by molar-refractivity contribution is 5.81. The van der Waals surface area contributed by atoms with Gasteiger partial charge in [-0.3, -0.25) is 14.5 Å². The van der Waals surface area contributed by atoms with Gasteiger partial charge in [-0.05, 0) is 43.4 Å². The summed E-state index contributed by atoms with van der Waals surface area (Å²) < 4.78 is 10.7. The van der Waals surface area contributed by atoms with Crippen LogP contribution in [0.3, 0.4) is 0 Å². The lowest BCUT2D eigenvalue weighted by Crippen LogP contribution is -2.48. The minimum absolute atomic E-state index is 0.130. The van der Waals surface area contributed by atoms with E-state index in [1.165, 1.54) is 0 Å². The highest BCUT2D eigenvalue weighted by Gasteiger charge is 2.37. The zero-order valence-corrected chi connectivity index (χ0v) is 19.3. The minimum atomic E-state index is 0.130. The molecule has 2 saturated heterocycles. The standard InChI is InChI=1S/C25H37N3O4/c1-31-23-8-2-5-20(17-23)18-24(29)27-12-9-22(19-27)28(25(30)21-6-3-7-21)11-4-10-26-13-15-32-16-14-26/h2,5,8,17,21-22H,3-4,6-7,9-16,18-19H2,1H3. The van der Waals surface area contributed by atoms with E-state index in [2.05, 4.69) is 9.80 Å². The molecule has 4 rings (SSSR count). The molecule has 32 heavy (non-hydrogen) atoms. The van der Waals surface area contributed by atoms with Gasteiger partial charge in [0.15, 0.2) is 0 Å². The average Bonchev–Trinajstić information content (AvgIpc) is 3.26. The molecule has 3 aliphatic rings. The normalized spacial score (nSPS) is 21.9. The predicted octanol–water partition coefficient (Wildman–Crippen LogP) is 2.19. The number of rotatable bonds is 9. The topological polar surface area (TPSA) is 62.3 Å². The fourth-order valence-corrected chi connectivity index (χ4v) is 4.94. The highest BCUT2D eigenvalue weighted by atomic mass is 16.5. The Morgan fingerprint density at radius 2 is 1.97 bits per heavy atom. The Morgan fingerprint density at radius 1 is 1.16 bits per heavy atom. The Balaban J connectivity index is 1.32. The minimum Gasteiger partial charge on any atom is -0.497 e. The van der Waals surface area contributed by atoms with Crippen molar-refractivity contribution in [1.82, 2.24) is 14.7 Å². The van der Waals surface area contributed by atoms with Crippen LogP contribution >= 0.6 is 0 Å². The van der Waals surface area contributed by atoms with Gasteiger partial charge in [0.2, 0.25) is 11.8 Å². The highest BCUT2D eigenvalue weighted by Crippen LogP contribution is 2.30. The number of amides is 2. The number of hydrogen-bond donors (Lipinski definition) is 0. The molecule has 1 atom stereocenters. The molecule has 1 aliphatic carbocycles. The Bertz CT molecular complexity index is 776. The van der Waals surface area contributed by atoms with E-state index in [4.69, 9.17) is 9.47 Å². The summed E-state index contributed by atoms with van der Waals surface area (Å²) in [6, 6.07) is 7.83. The van der Waals surface area contributed by atoms with Crippen LogP contribution in [0.2, 0.25) is 0 Å². The van der Waals surface area contributed by atoms with Crippen molar-refractivity contribution in [2.24, 2.45) is 5.92 Å². The van der Waals surface area contributed by atoms with Gasteiger partial charge in [0.1, 0.15) is 5.75 Å². The zero-order chi connectivity index (χ0) is 22.3. The maximum Gasteiger partial charge on any atom is 0.227 e. The maximum atomic E-state index is 13.2. The molecule has 2 amide bonds. The molecule has 0 N–H and O–H groups in total. The van der Waals surface area contributed by atoms with Gasteiger partial charge < -0.3 is 19.3 Å². The van der Waals surface area contributed by atoms with Gasteiger partial charge in [-0.2, -0.15) is 0 Å². The number of methoxy groups -OCH3 is 1. The molecule has 2 heterocycles. The van der Waals surface area contributed by atoms with E-state index in [0.717, 1.165) is 89.4 Å². The van der Waals surface area contributed by atoms with Crippen molar-refractivity contribution in [3.63, 3.8) is 0 Å². The summed E-state index contributed by atoms with van der Waals surface area (Å²) in [5.41, 5.74) is 0.964. The second-order valence-electron chi connectivity index (χ2n) is 9.28. The number of carbonyl (C=O) groups is 2. The summed E-state index contributed by atoms with van der Waals surface area (Å²) in [4.78, 5) is 32.6. The summed E-state index contributed by atoms with van der Waals surface area (Å²) in [5.74, 6) is 1.41. The second kappa shape index (κ2) is 11.1. The molecule has 0 radical (unpaired) electrons. The fourth-order valence-electron chi connectivity index (χ4n) is 4.94. The van der Waals surface area contributed by atoms with E-state index < -0.39 is 0 Å². The van der Waals surface area contributed by atoms with Crippen LogP contribution in [0, 0.1) is 5.92 Å². The van der Waals surface area contributed by atoms with Crippen molar-refractivity contribution in [2.75, 3.05) is 59.6 Å². The zero-order valence-electron chi connectivity index (χ0n) is 19.3. The number of likely N-dealkylation sites (tertiary alicyclic amines) is 1. The van der Waals surface area contributed by atoms with Crippen molar-refractivity contribution in [1.29, 1.82) is 0 Å². The summed E-state index contributed by atoms with van der Waals surface area (Å²) in [6.07, 6.45) is 5.42. The van der Waals surface area contributed by atoms with Crippen LogP contribution in [0.1, 0.15) is 37.7 Å². The summed E-state index contributed by atoms with van der Waals surface area (Å²) in [6.45, 7) is 6.73. The van der Waals surface area contributed by atoms with Crippen molar-refractivity contribution in [2.45, 2.75) is 44.6 Å². The van der Waals surface area contributed by atoms with Crippen LogP contribution in [0.15, 0.2) is 24.3 Å². The SMILES string of the molecule is COc1cccc(CC(=O)N2CCC(N(CCCN3CCOCC3)C(=O)C3CCC3)C2)c1. The molecule has 0 bridgehead atoms. The van der Waals surface area contributed by atoms with Gasteiger partial charge in [-0.15, -0.1) is 0 Å². The lowest BCUT2D eigenvalue weighted by atomic mass is 9.84. The first kappa shape index (κ1) is 23.1. The quantitative estimate of drug-likeness (QED) is 0.586. The van der Waals surface area contributed by atoms with Crippen LogP contribution in [0.5, 0.6) is 5.75 Å². The van der Waals surface area contributed by atoms with E-state index in [1.807, 2.05) is 29.2 Å². The van der Waals surface area contributed by atoms with Crippen molar-refractivity contribution in [3.8, 4) is 5.75 Å². The van der Waals surface area contributed by atoms with Crippen LogP contribution in [-0.4, -0.2) is 92.1 Å². The second-order valence-corrected chi connectivity index (χ2v) is 9.28. The molecule has 1 unspecified atom stereocenters. The third-order valence-electron chi connectivity index (χ3n) is 7.16. The largest absolute Gasteiger partial charge is 0.497 e. The van der Waals surface area contributed by atoms with Crippen molar-refractivity contribution in [3.05, 3.63) is 29.8 Å². The number of hydrogen-bond acceptors (Lipinski definition) is 5. The molecule has 1 saturated carbocycles. The van der Waals surface area contributed by atoms with Crippen LogP contribution in [0.4, 0.5) is 0 Å². The molecule has 7 nitrogen and oxygen atoms in total. The molecule has 3 fully saturated rings. The predicted molar refractivity (Wildman–Crippen MR) is 123 cm³/mol. The number of carbonyl (C=O) groups excluding carboxylic acids is 2.